The van der Waals surface area contributed by atoms with E-state index in [-0.39, 0.29) is 5.91 Å². The first kappa shape index (κ1) is 20.9. The van der Waals surface area contributed by atoms with Crippen LogP contribution in [0.3, 0.4) is 0 Å². The lowest BCUT2D eigenvalue weighted by Gasteiger charge is -2.33. The van der Waals surface area contributed by atoms with Crippen molar-refractivity contribution in [3.63, 3.8) is 0 Å². The number of hydrogen-bond donors (Lipinski definition) is 0. The van der Waals surface area contributed by atoms with Crippen LogP contribution in [0.4, 0.5) is 0 Å². The molecular weight excluding hydrogens is 344 g/mol. The van der Waals surface area contributed by atoms with Gasteiger partial charge in [-0.05, 0) is 20.0 Å². The normalized spacial score (nSPS) is 16.6. The highest BCUT2D eigenvalue weighted by Gasteiger charge is 2.18. The highest BCUT2D eigenvalue weighted by Crippen LogP contribution is 2.09. The fourth-order valence-corrected chi connectivity index (χ4v) is 2.84. The summed E-state index contributed by atoms with van der Waals surface area (Å²) in [5, 5.41) is 4.32. The molecule has 1 amide bonds. The summed E-state index contributed by atoms with van der Waals surface area (Å²) in [5.41, 5.74) is 1.40. The Balaban J connectivity index is 2.07. The summed E-state index contributed by atoms with van der Waals surface area (Å²) in [5.74, 6) is 1.54. The Morgan fingerprint density at radius 2 is 1.81 bits per heavy atom. The van der Waals surface area contributed by atoms with Gasteiger partial charge in [0.25, 0.3) is 5.91 Å². The minimum absolute atomic E-state index is 0.0969. The first-order chi connectivity index (χ1) is 12.7. The van der Waals surface area contributed by atoms with Crippen molar-refractivity contribution in [1.82, 2.24) is 29.4 Å². The number of hydrogen-bond acceptors (Lipinski definition) is 4. The van der Waals surface area contributed by atoms with Crippen LogP contribution in [-0.2, 0) is 13.6 Å². The highest BCUT2D eigenvalue weighted by atomic mass is 16.2. The van der Waals surface area contributed by atoms with Gasteiger partial charge in [0, 0.05) is 61.4 Å². The number of aryl methyl sites for hydroxylation is 1. The smallest absolute Gasteiger partial charge is 0.273 e. The van der Waals surface area contributed by atoms with E-state index in [1.807, 2.05) is 32.0 Å². The molecule has 1 aromatic heterocycles. The average molecular weight is 377 g/mol. The van der Waals surface area contributed by atoms with Crippen molar-refractivity contribution >= 4 is 17.7 Å². The van der Waals surface area contributed by atoms with Crippen LogP contribution >= 0.6 is 0 Å². The molecule has 0 aromatic carbocycles. The van der Waals surface area contributed by atoms with Gasteiger partial charge in [0.05, 0.1) is 12.2 Å². The lowest BCUT2D eigenvalue weighted by atomic mass is 10.3. The first-order valence-electron chi connectivity index (χ1n) is 9.14. The molecule has 1 fully saturated rings. The second-order valence-corrected chi connectivity index (χ2v) is 7.17. The van der Waals surface area contributed by atoms with E-state index in [0.29, 0.717) is 12.2 Å². The van der Waals surface area contributed by atoms with Gasteiger partial charge in [-0.25, -0.2) is 4.99 Å². The molecule has 1 aromatic rings. The number of aromatic nitrogens is 2. The predicted octanol–water partition coefficient (Wildman–Crippen LogP) is 0.205. The van der Waals surface area contributed by atoms with E-state index in [0.717, 1.165) is 43.7 Å². The van der Waals surface area contributed by atoms with Gasteiger partial charge in [-0.3, -0.25) is 14.5 Å². The Morgan fingerprint density at radius 1 is 1.19 bits per heavy atom. The molecule has 27 heavy (non-hydrogen) atoms. The van der Waals surface area contributed by atoms with Crippen LogP contribution in [0.2, 0.25) is 0 Å². The summed E-state index contributed by atoms with van der Waals surface area (Å²) in [6.45, 7) is 6.48. The van der Waals surface area contributed by atoms with Crippen LogP contribution < -0.4 is 0 Å². The maximum absolute atomic E-state index is 12.1. The first-order valence-corrected chi connectivity index (χ1v) is 9.14. The van der Waals surface area contributed by atoms with Crippen molar-refractivity contribution in [1.29, 1.82) is 0 Å². The molecule has 2 rings (SSSR count). The molecule has 1 aliphatic rings. The quantitative estimate of drug-likeness (QED) is 0.557. The second kappa shape index (κ2) is 8.98. The molecule has 0 radical (unpaired) electrons. The molecule has 9 heteroatoms. The van der Waals surface area contributed by atoms with E-state index in [9.17, 15) is 4.79 Å². The van der Waals surface area contributed by atoms with Crippen LogP contribution in [0.15, 0.2) is 16.1 Å². The van der Waals surface area contributed by atoms with E-state index < -0.39 is 0 Å². The summed E-state index contributed by atoms with van der Waals surface area (Å²) in [4.78, 5) is 29.3. The molecular formula is C18H32N8O. The van der Waals surface area contributed by atoms with E-state index in [2.05, 4.69) is 26.9 Å². The van der Waals surface area contributed by atoms with Gasteiger partial charge in [0.15, 0.2) is 5.69 Å². The molecule has 1 aliphatic heterocycles. The van der Waals surface area contributed by atoms with Gasteiger partial charge < -0.3 is 19.6 Å². The van der Waals surface area contributed by atoms with Crippen LogP contribution in [0.25, 0.3) is 0 Å². The maximum atomic E-state index is 12.1. The van der Waals surface area contributed by atoms with Gasteiger partial charge in [-0.15, -0.1) is 0 Å². The summed E-state index contributed by atoms with van der Waals surface area (Å²) in [6.07, 6.45) is 0. The maximum Gasteiger partial charge on any atom is 0.273 e. The number of amides is 1. The van der Waals surface area contributed by atoms with Gasteiger partial charge in [0.2, 0.25) is 5.96 Å². The molecule has 0 aliphatic carbocycles. The van der Waals surface area contributed by atoms with Crippen molar-refractivity contribution in [2.75, 3.05) is 61.4 Å². The Kier molecular flexibility index (Phi) is 6.95. The van der Waals surface area contributed by atoms with Crippen LogP contribution in [0.1, 0.15) is 23.1 Å². The summed E-state index contributed by atoms with van der Waals surface area (Å²) in [7, 11) is 11.2. The monoisotopic (exact) mass is 376 g/mol. The standard InChI is InChI=1S/C18H32N8O/c1-14(20-18(19-2)26-10-8-23(5)9-11-26)24(6)13-15-12-16(21-25(15)7)17(27)22(3)4/h12H,8-11,13H2,1-7H3/b19-18?,20-14+. The second-order valence-electron chi connectivity index (χ2n) is 7.17. The number of carbonyl (C=O) groups is 1. The van der Waals surface area contributed by atoms with Crippen molar-refractivity contribution in [3.8, 4) is 0 Å². The highest BCUT2D eigenvalue weighted by molar-refractivity contribution is 5.95. The molecule has 9 nitrogen and oxygen atoms in total. The molecule has 0 spiro atoms. The fourth-order valence-electron chi connectivity index (χ4n) is 2.84. The van der Waals surface area contributed by atoms with E-state index in [1.54, 1.807) is 25.8 Å². The minimum atomic E-state index is -0.0969. The Labute approximate surface area is 161 Å². The van der Waals surface area contributed by atoms with Crippen molar-refractivity contribution in [2.45, 2.75) is 13.5 Å². The summed E-state index contributed by atoms with van der Waals surface area (Å²) in [6, 6.07) is 1.83. The molecule has 2 heterocycles. The Hall–Kier alpha value is -2.42. The largest absolute Gasteiger partial charge is 0.357 e. The van der Waals surface area contributed by atoms with Crippen LogP contribution in [0, 0.1) is 0 Å². The molecule has 0 bridgehead atoms. The lowest BCUT2D eigenvalue weighted by Crippen LogP contribution is -2.47. The SMILES string of the molecule is CN=C(/N=C(\C)N(C)Cc1cc(C(=O)N(C)C)nn1C)N1CCN(C)CC1. The zero-order valence-electron chi connectivity index (χ0n) is 17.6. The van der Waals surface area contributed by atoms with Crippen molar-refractivity contribution in [3.05, 3.63) is 17.5 Å². The number of carbonyl (C=O) groups excluding carboxylic acids is 1. The van der Waals surface area contributed by atoms with Gasteiger partial charge in [-0.1, -0.05) is 0 Å². The number of amidine groups is 1. The van der Waals surface area contributed by atoms with Gasteiger partial charge in [0.1, 0.15) is 5.84 Å². The fraction of sp³-hybridized carbons (Fsp3) is 0.667. The average Bonchev–Trinajstić information content (AvgIpc) is 2.99. The number of rotatable bonds is 3. The summed E-state index contributed by atoms with van der Waals surface area (Å²) >= 11 is 0. The van der Waals surface area contributed by atoms with E-state index in [1.165, 1.54) is 4.90 Å². The third-order valence-electron chi connectivity index (χ3n) is 4.80. The number of likely N-dealkylation sites (N-methyl/N-ethyl adjacent to an activating group) is 1. The summed E-state index contributed by atoms with van der Waals surface area (Å²) < 4.78 is 1.75. The number of nitrogens with zero attached hydrogens (tertiary/aromatic N) is 8. The predicted molar refractivity (Wildman–Crippen MR) is 108 cm³/mol. The van der Waals surface area contributed by atoms with Gasteiger partial charge >= 0.3 is 0 Å². The molecule has 0 unspecified atom stereocenters. The molecule has 0 saturated carbocycles. The molecule has 0 atom stereocenters. The third-order valence-corrected chi connectivity index (χ3v) is 4.80. The Bertz CT molecular complexity index is 713. The zero-order chi connectivity index (χ0) is 20.1. The molecule has 150 valence electrons. The third kappa shape index (κ3) is 5.29. The van der Waals surface area contributed by atoms with Gasteiger partial charge in [-0.2, -0.15) is 5.10 Å². The van der Waals surface area contributed by atoms with E-state index >= 15 is 0 Å². The van der Waals surface area contributed by atoms with E-state index in [4.69, 9.17) is 4.99 Å². The molecule has 1 saturated heterocycles. The topological polar surface area (TPSA) is 72.6 Å². The zero-order valence-corrected chi connectivity index (χ0v) is 17.6. The lowest BCUT2D eigenvalue weighted by molar-refractivity contribution is 0.0821. The van der Waals surface area contributed by atoms with Crippen LogP contribution in [0.5, 0.6) is 0 Å². The Morgan fingerprint density at radius 3 is 2.37 bits per heavy atom. The van der Waals surface area contributed by atoms with Crippen LogP contribution in [-0.4, -0.2) is 108 Å². The molecule has 0 N–H and O–H groups in total. The number of guanidine groups is 1. The van der Waals surface area contributed by atoms with Crippen molar-refractivity contribution in [2.24, 2.45) is 17.0 Å². The van der Waals surface area contributed by atoms with Crippen molar-refractivity contribution < 1.29 is 4.79 Å². The minimum Gasteiger partial charge on any atom is -0.357 e. The number of piperazine rings is 1. The number of aliphatic imine (C=N–C) groups is 2.